The van der Waals surface area contributed by atoms with Crippen molar-refractivity contribution in [2.45, 2.75) is 64.5 Å². The molecule has 0 radical (unpaired) electrons. The Balaban J connectivity index is 1.15. The van der Waals surface area contributed by atoms with Gasteiger partial charge in [-0.05, 0) is 83.2 Å². The number of rotatable bonds is 13. The zero-order chi connectivity index (χ0) is 38.6. The topological polar surface area (TPSA) is 159 Å². The molecular formula is C42H46N4O7Si. The van der Waals surface area contributed by atoms with Crippen LogP contribution in [0, 0.1) is 0 Å². The molecule has 11 nitrogen and oxygen atoms in total. The zero-order valence-corrected chi connectivity index (χ0v) is 32.1. The lowest BCUT2D eigenvalue weighted by Gasteiger charge is -2.39. The van der Waals surface area contributed by atoms with E-state index in [1.807, 2.05) is 78.9 Å². The van der Waals surface area contributed by atoms with Gasteiger partial charge in [-0.15, -0.1) is 0 Å². The van der Waals surface area contributed by atoms with Gasteiger partial charge in [-0.25, -0.2) is 9.59 Å². The third-order valence-corrected chi connectivity index (χ3v) is 14.6. The summed E-state index contributed by atoms with van der Waals surface area (Å²) in [7, 11) is -2.24. The molecule has 0 aliphatic carbocycles. The molecule has 280 valence electrons. The van der Waals surface area contributed by atoms with E-state index >= 15 is 0 Å². The van der Waals surface area contributed by atoms with Crippen molar-refractivity contribution in [3.05, 3.63) is 135 Å². The van der Waals surface area contributed by atoms with Crippen LogP contribution in [0.2, 0.25) is 18.1 Å². The van der Waals surface area contributed by atoms with Gasteiger partial charge in [-0.3, -0.25) is 14.7 Å². The van der Waals surface area contributed by atoms with Gasteiger partial charge in [-0.1, -0.05) is 81.5 Å². The molecule has 6 rings (SSSR count). The number of aromatic nitrogens is 2. The molecule has 0 saturated carbocycles. The van der Waals surface area contributed by atoms with E-state index in [1.54, 1.807) is 22.8 Å². The van der Waals surface area contributed by atoms with Crippen LogP contribution in [-0.2, 0) is 17.5 Å². The fraction of sp³-hybridized carbons (Fsp3) is 0.262. The predicted octanol–water partition coefficient (Wildman–Crippen LogP) is 8.85. The van der Waals surface area contributed by atoms with Gasteiger partial charge in [0.1, 0.15) is 5.75 Å². The first-order valence-electron chi connectivity index (χ1n) is 17.9. The fourth-order valence-corrected chi connectivity index (χ4v) is 7.51. The maximum Gasteiger partial charge on any atom is 0.419 e. The molecule has 2 aromatic heterocycles. The second-order valence-electron chi connectivity index (χ2n) is 14.9. The number of pyridine rings is 1. The molecule has 0 saturated heterocycles. The summed E-state index contributed by atoms with van der Waals surface area (Å²) < 4.78 is 14.2. The first-order chi connectivity index (χ1) is 25.7. The Labute approximate surface area is 314 Å². The van der Waals surface area contributed by atoms with Crippen LogP contribution in [0.5, 0.6) is 5.75 Å². The Morgan fingerprint density at radius 2 is 1.78 bits per heavy atom. The second-order valence-corrected chi connectivity index (χ2v) is 19.7. The average Bonchev–Trinajstić information content (AvgIpc) is 3.43. The number of carboxylic acid groups (broad SMARTS) is 1. The van der Waals surface area contributed by atoms with E-state index in [0.717, 1.165) is 33.2 Å². The quantitative estimate of drug-likeness (QED) is 0.0734. The van der Waals surface area contributed by atoms with Gasteiger partial charge >= 0.3 is 11.8 Å². The van der Waals surface area contributed by atoms with Crippen LogP contribution in [0.3, 0.4) is 0 Å². The molecule has 4 aromatic carbocycles. The number of benzene rings is 4. The third kappa shape index (κ3) is 8.57. The monoisotopic (exact) mass is 746 g/mol. The van der Waals surface area contributed by atoms with Crippen LogP contribution < -0.4 is 21.9 Å². The molecule has 1 amide bonds. The number of nitrogens with one attached hydrogen (secondary N) is 3. The number of nitrogens with zero attached hydrogens (tertiary/aromatic N) is 1. The number of oxazole rings is 1. The van der Waals surface area contributed by atoms with E-state index in [-0.39, 0.29) is 22.5 Å². The molecule has 1 atom stereocenters. The first-order valence-corrected chi connectivity index (χ1v) is 20.8. The smallest absolute Gasteiger partial charge is 0.419 e. The Morgan fingerprint density at radius 1 is 1.00 bits per heavy atom. The molecule has 54 heavy (non-hydrogen) atoms. The van der Waals surface area contributed by atoms with E-state index in [2.05, 4.69) is 49.5 Å². The highest BCUT2D eigenvalue weighted by molar-refractivity contribution is 6.74. The number of phenols is 1. The molecule has 0 aliphatic heterocycles. The Kier molecular flexibility index (Phi) is 11.1. The summed E-state index contributed by atoms with van der Waals surface area (Å²) in [5.74, 6) is -0.429. The van der Waals surface area contributed by atoms with E-state index in [0.29, 0.717) is 48.4 Å². The number of hydrogen-bond donors (Lipinski definition) is 5. The second kappa shape index (κ2) is 15.7. The number of carbonyl (C=O) groups is 1. The van der Waals surface area contributed by atoms with Gasteiger partial charge in [0.05, 0.1) is 22.8 Å². The summed E-state index contributed by atoms with van der Waals surface area (Å²) in [6, 6.07) is 27.5. The van der Waals surface area contributed by atoms with Crippen molar-refractivity contribution in [3.8, 4) is 16.9 Å². The zero-order valence-electron chi connectivity index (χ0n) is 31.1. The van der Waals surface area contributed by atoms with Crippen molar-refractivity contribution >= 4 is 48.2 Å². The Hall–Kier alpha value is -5.69. The first kappa shape index (κ1) is 38.0. The average molecular weight is 747 g/mol. The molecule has 0 spiro atoms. The van der Waals surface area contributed by atoms with Crippen LogP contribution in [0.25, 0.3) is 39.2 Å². The van der Waals surface area contributed by atoms with E-state index in [4.69, 9.17) is 8.84 Å². The van der Waals surface area contributed by atoms with Crippen molar-refractivity contribution in [1.29, 1.82) is 0 Å². The maximum atomic E-state index is 12.9. The van der Waals surface area contributed by atoms with E-state index in [9.17, 15) is 24.6 Å². The minimum atomic E-state index is -2.24. The molecule has 0 fully saturated rings. The minimum absolute atomic E-state index is 0.00249. The number of aryl methyl sites for hydroxylation is 1. The molecule has 0 aliphatic rings. The molecular weight excluding hydrogens is 701 g/mol. The molecule has 0 bridgehead atoms. The van der Waals surface area contributed by atoms with Gasteiger partial charge in [0.15, 0.2) is 13.9 Å². The fourth-order valence-electron chi connectivity index (χ4n) is 6.24. The van der Waals surface area contributed by atoms with Crippen molar-refractivity contribution in [3.63, 3.8) is 0 Å². The summed E-state index contributed by atoms with van der Waals surface area (Å²) >= 11 is 0. The highest BCUT2D eigenvalue weighted by Crippen LogP contribution is 2.41. The van der Waals surface area contributed by atoms with Crippen LogP contribution in [0.4, 0.5) is 10.5 Å². The lowest BCUT2D eigenvalue weighted by atomic mass is 10.0. The molecule has 0 unspecified atom stereocenters. The number of aromatic amines is 1. The van der Waals surface area contributed by atoms with Gasteiger partial charge in [0.25, 0.3) is 0 Å². The molecule has 5 N–H and O–H groups in total. The van der Waals surface area contributed by atoms with Crippen LogP contribution in [0.15, 0.2) is 111 Å². The highest BCUT2D eigenvalue weighted by atomic mass is 28.4. The number of amides is 1. The summed E-state index contributed by atoms with van der Waals surface area (Å²) in [6.07, 6.45) is 3.02. The largest absolute Gasteiger partial charge is 0.506 e. The summed E-state index contributed by atoms with van der Waals surface area (Å²) in [5, 5.41) is 26.5. The number of aromatic hydroxyl groups is 1. The van der Waals surface area contributed by atoms with Crippen molar-refractivity contribution in [1.82, 2.24) is 14.9 Å². The van der Waals surface area contributed by atoms with Gasteiger partial charge in [0, 0.05) is 36.7 Å². The standard InChI is InChI=1S/C42H46N4O7Si/c1-42(2,3)54(4,5)53-37(30-16-20-35(47)39-31(30)17-21-38(48)45-39)26-43-25-28-15-19-34-36(24-28)52-41(51)46(34)22-10-9-11-27-14-18-33(44-40(49)50)32(23-27)29-12-7-6-8-13-29/h6-9,11-21,23-24,37,43-44,47H,10,22,25-26H2,1-5H3,(H,45,48)(H,49,50)/b11-9+/t37-/m0/s1. The van der Waals surface area contributed by atoms with Gasteiger partial charge in [-0.2, -0.15) is 0 Å². The van der Waals surface area contributed by atoms with Crippen molar-refractivity contribution in [2.24, 2.45) is 0 Å². The van der Waals surface area contributed by atoms with E-state index < -0.39 is 20.2 Å². The van der Waals surface area contributed by atoms with Crippen molar-refractivity contribution < 1.29 is 23.9 Å². The number of phenolic OH excluding ortho intramolecular Hbond substituents is 1. The van der Waals surface area contributed by atoms with Crippen LogP contribution >= 0.6 is 0 Å². The summed E-state index contributed by atoms with van der Waals surface area (Å²) in [6.45, 7) is 12.3. The SMILES string of the molecule is CC(C)(C)[Si](C)(C)O[C@@H](CNCc1ccc2c(c1)oc(=O)n2CC/C=C/c1ccc(NC(=O)O)c(-c2ccccc2)c1)c1ccc(O)c2[nH]c(=O)ccc12. The van der Waals surface area contributed by atoms with Crippen molar-refractivity contribution in [2.75, 3.05) is 11.9 Å². The predicted molar refractivity (Wildman–Crippen MR) is 217 cm³/mol. The molecule has 12 heteroatoms. The van der Waals surface area contributed by atoms with Crippen LogP contribution in [-0.4, -0.2) is 40.7 Å². The number of fused-ring (bicyclic) bond motifs is 2. The number of hydrogen-bond acceptors (Lipinski definition) is 7. The summed E-state index contributed by atoms with van der Waals surface area (Å²) in [4.78, 5) is 39.1. The normalized spacial score (nSPS) is 12.8. The molecule has 2 heterocycles. The lowest BCUT2D eigenvalue weighted by molar-refractivity contribution is 0.181. The van der Waals surface area contributed by atoms with Crippen LogP contribution in [0.1, 0.15) is 50.0 Å². The highest BCUT2D eigenvalue weighted by Gasteiger charge is 2.39. The Bertz CT molecular complexity index is 2440. The van der Waals surface area contributed by atoms with Gasteiger partial charge < -0.3 is 29.4 Å². The maximum absolute atomic E-state index is 12.9. The minimum Gasteiger partial charge on any atom is -0.506 e. The lowest BCUT2D eigenvalue weighted by Crippen LogP contribution is -2.43. The Morgan fingerprint density at radius 3 is 2.52 bits per heavy atom. The molecule has 6 aromatic rings. The number of H-pyrrole nitrogens is 1. The van der Waals surface area contributed by atoms with E-state index in [1.165, 1.54) is 6.07 Å². The number of anilines is 1. The number of allylic oxidation sites excluding steroid dienone is 1. The summed E-state index contributed by atoms with van der Waals surface area (Å²) in [5.41, 5.74) is 6.16. The van der Waals surface area contributed by atoms with Gasteiger partial charge in [0.2, 0.25) is 5.56 Å². The third-order valence-electron chi connectivity index (χ3n) is 10.1.